The van der Waals surface area contributed by atoms with Crippen molar-refractivity contribution < 1.29 is 9.53 Å². The lowest BCUT2D eigenvalue weighted by Gasteiger charge is -2.25. The summed E-state index contributed by atoms with van der Waals surface area (Å²) in [5.41, 5.74) is 7.58. The van der Waals surface area contributed by atoms with E-state index < -0.39 is 0 Å². The fraction of sp³-hybridized carbons (Fsp3) is 0.533. The van der Waals surface area contributed by atoms with Gasteiger partial charge in [0, 0.05) is 19.7 Å². The molecule has 1 aromatic rings. The van der Waals surface area contributed by atoms with Gasteiger partial charge in [-0.15, -0.1) is 0 Å². The molecule has 0 saturated heterocycles. The molecule has 1 unspecified atom stereocenters. The Kier molecular flexibility index (Phi) is 6.87. The minimum absolute atomic E-state index is 0.00379. The van der Waals surface area contributed by atoms with Crippen molar-refractivity contribution in [3.8, 4) is 0 Å². The Hall–Kier alpha value is -1.75. The van der Waals surface area contributed by atoms with E-state index in [2.05, 4.69) is 12.2 Å². The molecule has 1 aromatic carbocycles. The summed E-state index contributed by atoms with van der Waals surface area (Å²) in [5, 5.41) is 2.91. The summed E-state index contributed by atoms with van der Waals surface area (Å²) in [6, 6.07) is 7.62. The van der Waals surface area contributed by atoms with Crippen LogP contribution in [-0.4, -0.2) is 38.8 Å². The van der Waals surface area contributed by atoms with Gasteiger partial charge in [0.1, 0.15) is 0 Å². The lowest BCUT2D eigenvalue weighted by molar-refractivity contribution is -0.120. The second-order valence-electron chi connectivity index (χ2n) is 4.90. The van der Waals surface area contributed by atoms with E-state index in [1.54, 1.807) is 7.11 Å². The Labute approximate surface area is 121 Å². The third-order valence-corrected chi connectivity index (χ3v) is 2.93. The van der Waals surface area contributed by atoms with Crippen molar-refractivity contribution >= 4 is 17.3 Å². The van der Waals surface area contributed by atoms with Gasteiger partial charge in [-0.1, -0.05) is 19.1 Å². The molecule has 3 N–H and O–H groups in total. The van der Waals surface area contributed by atoms with Crippen LogP contribution in [0.1, 0.15) is 20.3 Å². The molecule has 0 aliphatic heterocycles. The van der Waals surface area contributed by atoms with Gasteiger partial charge < -0.3 is 20.7 Å². The van der Waals surface area contributed by atoms with E-state index in [0.29, 0.717) is 18.8 Å². The van der Waals surface area contributed by atoms with Crippen LogP contribution in [0.5, 0.6) is 0 Å². The number of methoxy groups -OCH3 is 1. The van der Waals surface area contributed by atoms with Gasteiger partial charge in [-0.05, 0) is 25.5 Å². The first-order valence-electron chi connectivity index (χ1n) is 6.96. The summed E-state index contributed by atoms with van der Waals surface area (Å²) in [6.07, 6.45) is 0.954. The quantitative estimate of drug-likeness (QED) is 0.710. The number of amides is 1. The number of para-hydroxylation sites is 2. The van der Waals surface area contributed by atoms with Crippen LogP contribution in [-0.2, 0) is 9.53 Å². The van der Waals surface area contributed by atoms with E-state index in [0.717, 1.165) is 18.7 Å². The maximum atomic E-state index is 12.0. The Morgan fingerprint density at radius 1 is 1.45 bits per heavy atom. The molecule has 0 spiro atoms. The van der Waals surface area contributed by atoms with Crippen molar-refractivity contribution in [2.24, 2.45) is 0 Å². The van der Waals surface area contributed by atoms with Crippen LogP contribution in [0.25, 0.3) is 0 Å². The van der Waals surface area contributed by atoms with Gasteiger partial charge in [0.05, 0.1) is 24.5 Å². The first kappa shape index (κ1) is 16.3. The van der Waals surface area contributed by atoms with Crippen molar-refractivity contribution in [1.82, 2.24) is 5.32 Å². The van der Waals surface area contributed by atoms with Gasteiger partial charge in [0.25, 0.3) is 0 Å². The van der Waals surface area contributed by atoms with E-state index in [1.165, 1.54) is 0 Å². The maximum Gasteiger partial charge on any atom is 0.239 e. The highest BCUT2D eigenvalue weighted by atomic mass is 16.5. The van der Waals surface area contributed by atoms with Gasteiger partial charge in [0.2, 0.25) is 5.91 Å². The summed E-state index contributed by atoms with van der Waals surface area (Å²) in [7, 11) is 1.62. The molecule has 1 amide bonds. The Balaban J connectivity index is 2.68. The van der Waals surface area contributed by atoms with Crippen LogP contribution in [0.4, 0.5) is 11.4 Å². The number of hydrogen-bond acceptors (Lipinski definition) is 4. The molecule has 0 aromatic heterocycles. The number of anilines is 2. The molecule has 0 heterocycles. The number of nitrogens with two attached hydrogens (primary N) is 1. The lowest BCUT2D eigenvalue weighted by atomic mass is 10.2. The summed E-state index contributed by atoms with van der Waals surface area (Å²) in [4.78, 5) is 14.1. The Morgan fingerprint density at radius 2 is 2.15 bits per heavy atom. The molecule has 0 bridgehead atoms. The standard InChI is InChI=1S/C15H25N3O2/c1-4-9-18(14-8-6-5-7-13(14)16)10-15(19)17-12(2)11-20-3/h5-8,12H,4,9-11,16H2,1-3H3,(H,17,19). The van der Waals surface area contributed by atoms with Crippen LogP contribution >= 0.6 is 0 Å². The fourth-order valence-corrected chi connectivity index (χ4v) is 2.12. The second kappa shape index (κ2) is 8.43. The van der Waals surface area contributed by atoms with Crippen molar-refractivity contribution in [1.29, 1.82) is 0 Å². The van der Waals surface area contributed by atoms with E-state index >= 15 is 0 Å². The zero-order valence-electron chi connectivity index (χ0n) is 12.6. The molecule has 0 aliphatic rings. The number of hydrogen-bond donors (Lipinski definition) is 2. The fourth-order valence-electron chi connectivity index (χ4n) is 2.12. The molecule has 5 heteroatoms. The number of carbonyl (C=O) groups excluding carboxylic acids is 1. The molecular weight excluding hydrogens is 254 g/mol. The molecular formula is C15H25N3O2. The van der Waals surface area contributed by atoms with Gasteiger partial charge in [-0.2, -0.15) is 0 Å². The largest absolute Gasteiger partial charge is 0.397 e. The van der Waals surface area contributed by atoms with Gasteiger partial charge >= 0.3 is 0 Å². The zero-order valence-corrected chi connectivity index (χ0v) is 12.6. The van der Waals surface area contributed by atoms with Crippen LogP contribution in [0.2, 0.25) is 0 Å². The van der Waals surface area contributed by atoms with Crippen LogP contribution < -0.4 is 16.0 Å². The average Bonchev–Trinajstić information content (AvgIpc) is 2.39. The number of ether oxygens (including phenoxy) is 1. The molecule has 0 fully saturated rings. The SMILES string of the molecule is CCCN(CC(=O)NC(C)COC)c1ccccc1N. The van der Waals surface area contributed by atoms with Crippen LogP contribution in [0.3, 0.4) is 0 Å². The monoisotopic (exact) mass is 279 g/mol. The Morgan fingerprint density at radius 3 is 2.75 bits per heavy atom. The van der Waals surface area contributed by atoms with Crippen molar-refractivity contribution in [3.63, 3.8) is 0 Å². The van der Waals surface area contributed by atoms with Crippen LogP contribution in [0, 0.1) is 0 Å². The molecule has 5 nitrogen and oxygen atoms in total. The number of nitrogens with zero attached hydrogens (tertiary/aromatic N) is 1. The number of nitrogens with one attached hydrogen (secondary N) is 1. The minimum atomic E-state index is -0.0220. The van der Waals surface area contributed by atoms with Crippen molar-refractivity contribution in [3.05, 3.63) is 24.3 Å². The van der Waals surface area contributed by atoms with E-state index in [9.17, 15) is 4.79 Å². The first-order valence-corrected chi connectivity index (χ1v) is 6.96. The average molecular weight is 279 g/mol. The molecule has 1 rings (SSSR count). The molecule has 20 heavy (non-hydrogen) atoms. The number of rotatable bonds is 8. The van der Waals surface area contributed by atoms with E-state index in [-0.39, 0.29) is 11.9 Å². The third-order valence-electron chi connectivity index (χ3n) is 2.93. The predicted molar refractivity (Wildman–Crippen MR) is 82.8 cm³/mol. The highest BCUT2D eigenvalue weighted by molar-refractivity contribution is 5.83. The second-order valence-corrected chi connectivity index (χ2v) is 4.90. The molecule has 1 atom stereocenters. The summed E-state index contributed by atoms with van der Waals surface area (Å²) < 4.78 is 5.01. The van der Waals surface area contributed by atoms with Crippen molar-refractivity contribution in [2.75, 3.05) is 37.4 Å². The van der Waals surface area contributed by atoms with Gasteiger partial charge in [0.15, 0.2) is 0 Å². The molecule has 0 saturated carbocycles. The third kappa shape index (κ3) is 5.09. The zero-order chi connectivity index (χ0) is 15.0. The number of carbonyl (C=O) groups is 1. The van der Waals surface area contributed by atoms with Crippen LogP contribution in [0.15, 0.2) is 24.3 Å². The minimum Gasteiger partial charge on any atom is -0.397 e. The molecule has 0 aliphatic carbocycles. The topological polar surface area (TPSA) is 67.6 Å². The first-order chi connectivity index (χ1) is 9.58. The van der Waals surface area contributed by atoms with Gasteiger partial charge in [-0.25, -0.2) is 0 Å². The number of nitrogen functional groups attached to an aromatic ring is 1. The normalized spacial score (nSPS) is 11.9. The molecule has 112 valence electrons. The highest BCUT2D eigenvalue weighted by Gasteiger charge is 2.14. The van der Waals surface area contributed by atoms with Crippen molar-refractivity contribution in [2.45, 2.75) is 26.3 Å². The Bertz CT molecular complexity index is 423. The smallest absolute Gasteiger partial charge is 0.239 e. The summed E-state index contributed by atoms with van der Waals surface area (Å²) in [5.74, 6) is -0.0220. The maximum absolute atomic E-state index is 12.0. The lowest BCUT2D eigenvalue weighted by Crippen LogP contribution is -2.43. The highest BCUT2D eigenvalue weighted by Crippen LogP contribution is 2.22. The number of benzene rings is 1. The predicted octanol–water partition coefficient (Wildman–Crippen LogP) is 1.64. The molecule has 0 radical (unpaired) electrons. The van der Waals surface area contributed by atoms with Gasteiger partial charge in [-0.3, -0.25) is 4.79 Å². The van der Waals surface area contributed by atoms with E-state index in [4.69, 9.17) is 10.5 Å². The summed E-state index contributed by atoms with van der Waals surface area (Å²) >= 11 is 0. The summed E-state index contributed by atoms with van der Waals surface area (Å²) in [6.45, 7) is 5.60. The van der Waals surface area contributed by atoms with E-state index in [1.807, 2.05) is 36.1 Å².